The molecule has 7 nitrogen and oxygen atoms in total. The molecule has 0 aliphatic rings. The zero-order valence-electron chi connectivity index (χ0n) is 17.6. The van der Waals surface area contributed by atoms with Crippen LogP contribution in [0.25, 0.3) is 0 Å². The van der Waals surface area contributed by atoms with Gasteiger partial charge in [-0.2, -0.15) is 0 Å². The van der Waals surface area contributed by atoms with E-state index in [-0.39, 0.29) is 0 Å². The molecule has 2 aromatic carbocycles. The van der Waals surface area contributed by atoms with E-state index in [0.717, 1.165) is 27.7 Å². The van der Waals surface area contributed by atoms with Crippen LogP contribution in [0.3, 0.4) is 0 Å². The summed E-state index contributed by atoms with van der Waals surface area (Å²) in [6.07, 6.45) is 0. The van der Waals surface area contributed by atoms with Crippen LogP contribution in [-0.4, -0.2) is 28.9 Å². The average Bonchev–Trinajstić information content (AvgIpc) is 2.76. The van der Waals surface area contributed by atoms with Gasteiger partial charge in [0, 0.05) is 35.4 Å². The highest BCUT2D eigenvalue weighted by Crippen LogP contribution is 2.20. The summed E-state index contributed by atoms with van der Waals surface area (Å²) in [6.45, 7) is 4.30. The van der Waals surface area contributed by atoms with E-state index in [1.807, 2.05) is 38.1 Å². The Kier molecular flexibility index (Phi) is 7.75. The van der Waals surface area contributed by atoms with Crippen LogP contribution in [0.2, 0.25) is 0 Å². The molecule has 2 N–H and O–H groups in total. The maximum atomic E-state index is 12.3. The molecule has 8 heteroatoms. The number of benzene rings is 2. The van der Waals surface area contributed by atoms with Gasteiger partial charge in [-0.15, -0.1) is 0 Å². The minimum atomic E-state index is -0.396. The highest BCUT2D eigenvalue weighted by Gasteiger charge is 2.10. The van der Waals surface area contributed by atoms with E-state index in [1.165, 1.54) is 0 Å². The van der Waals surface area contributed by atoms with Gasteiger partial charge in [0.25, 0.3) is 11.8 Å². The van der Waals surface area contributed by atoms with Gasteiger partial charge in [0.2, 0.25) is 0 Å². The van der Waals surface area contributed by atoms with E-state index in [4.69, 9.17) is 4.74 Å². The SMILES string of the molecule is COCc1cccc(C(=O)NNC(=O)c2ccc(CSc3nc(C)cc(C)n3)cc2)c1. The Hall–Kier alpha value is -3.23. The predicted molar refractivity (Wildman–Crippen MR) is 120 cm³/mol. The van der Waals surface area contributed by atoms with Gasteiger partial charge < -0.3 is 4.74 Å². The Morgan fingerprint density at radius 3 is 2.16 bits per heavy atom. The molecule has 0 bridgehead atoms. The number of nitrogens with one attached hydrogen (secondary N) is 2. The molecule has 1 heterocycles. The molecule has 0 spiro atoms. The van der Waals surface area contributed by atoms with E-state index in [0.29, 0.717) is 23.5 Å². The van der Waals surface area contributed by atoms with Crippen molar-refractivity contribution in [3.8, 4) is 0 Å². The number of rotatable bonds is 7. The zero-order chi connectivity index (χ0) is 22.2. The van der Waals surface area contributed by atoms with Crippen molar-refractivity contribution in [3.05, 3.63) is 88.2 Å². The van der Waals surface area contributed by atoms with Crippen LogP contribution < -0.4 is 10.9 Å². The molecule has 0 unspecified atom stereocenters. The second kappa shape index (κ2) is 10.7. The number of methoxy groups -OCH3 is 1. The van der Waals surface area contributed by atoms with E-state index >= 15 is 0 Å². The fourth-order valence-electron chi connectivity index (χ4n) is 2.89. The number of carbonyl (C=O) groups is 2. The highest BCUT2D eigenvalue weighted by molar-refractivity contribution is 7.98. The number of hydrogen-bond donors (Lipinski definition) is 2. The van der Waals surface area contributed by atoms with Crippen LogP contribution in [0, 0.1) is 13.8 Å². The molecule has 0 aliphatic heterocycles. The minimum absolute atomic E-state index is 0.391. The number of nitrogens with zero attached hydrogens (tertiary/aromatic N) is 2. The molecule has 1 aromatic heterocycles. The van der Waals surface area contributed by atoms with Gasteiger partial charge in [0.15, 0.2) is 5.16 Å². The summed E-state index contributed by atoms with van der Waals surface area (Å²) in [5.74, 6) is -0.0923. The minimum Gasteiger partial charge on any atom is -0.380 e. The fourth-order valence-corrected chi connectivity index (χ4v) is 3.79. The Balaban J connectivity index is 1.52. The molecule has 31 heavy (non-hydrogen) atoms. The number of carbonyl (C=O) groups excluding carboxylic acids is 2. The number of thioether (sulfide) groups is 1. The number of hydrogen-bond acceptors (Lipinski definition) is 6. The first-order valence-electron chi connectivity index (χ1n) is 9.67. The molecule has 0 radical (unpaired) electrons. The maximum absolute atomic E-state index is 12.3. The standard InChI is InChI=1S/C23H24N4O3S/c1-15-11-16(2)25-23(24-15)31-14-17-7-9-19(10-8-17)21(28)26-27-22(29)20-6-4-5-18(12-20)13-30-3/h4-12H,13-14H2,1-3H3,(H,26,28)(H,27,29). The molecule has 3 rings (SSSR count). The Morgan fingerprint density at radius 1 is 0.871 bits per heavy atom. The smallest absolute Gasteiger partial charge is 0.269 e. The third-order valence-corrected chi connectivity index (χ3v) is 5.25. The van der Waals surface area contributed by atoms with Crippen LogP contribution in [0.5, 0.6) is 0 Å². The average molecular weight is 437 g/mol. The molecule has 0 fully saturated rings. The predicted octanol–water partition coefficient (Wildman–Crippen LogP) is 3.61. The van der Waals surface area contributed by atoms with Crippen molar-refractivity contribution in [2.45, 2.75) is 31.4 Å². The van der Waals surface area contributed by atoms with E-state index in [2.05, 4.69) is 20.8 Å². The number of aryl methyl sites for hydroxylation is 2. The topological polar surface area (TPSA) is 93.2 Å². The lowest BCUT2D eigenvalue weighted by Crippen LogP contribution is -2.41. The summed E-state index contributed by atoms with van der Waals surface area (Å²) in [4.78, 5) is 33.5. The number of amides is 2. The van der Waals surface area contributed by atoms with Crippen molar-refractivity contribution in [2.75, 3.05) is 7.11 Å². The summed E-state index contributed by atoms with van der Waals surface area (Å²) in [6, 6.07) is 16.2. The van der Waals surface area contributed by atoms with Gasteiger partial charge in [0.05, 0.1) is 6.61 Å². The normalized spacial score (nSPS) is 10.5. The Labute approximate surface area is 185 Å². The van der Waals surface area contributed by atoms with Crippen molar-refractivity contribution >= 4 is 23.6 Å². The molecule has 160 valence electrons. The third kappa shape index (κ3) is 6.63. The Bertz CT molecular complexity index is 1050. The summed E-state index contributed by atoms with van der Waals surface area (Å²) < 4.78 is 5.07. The maximum Gasteiger partial charge on any atom is 0.269 e. The van der Waals surface area contributed by atoms with Crippen LogP contribution in [0.15, 0.2) is 59.8 Å². The molecule has 0 aliphatic carbocycles. The second-order valence-corrected chi connectivity index (χ2v) is 7.90. The lowest BCUT2D eigenvalue weighted by atomic mass is 10.1. The van der Waals surface area contributed by atoms with Crippen molar-refractivity contribution < 1.29 is 14.3 Å². The van der Waals surface area contributed by atoms with Crippen LogP contribution in [0.1, 0.15) is 43.2 Å². The third-order valence-electron chi connectivity index (χ3n) is 4.34. The van der Waals surface area contributed by atoms with E-state index < -0.39 is 11.8 Å². The fraction of sp³-hybridized carbons (Fsp3) is 0.217. The highest BCUT2D eigenvalue weighted by atomic mass is 32.2. The number of aromatic nitrogens is 2. The first kappa shape index (κ1) is 22.5. The molecule has 0 saturated heterocycles. The van der Waals surface area contributed by atoms with Gasteiger partial charge in [-0.3, -0.25) is 20.4 Å². The van der Waals surface area contributed by atoms with Gasteiger partial charge in [0.1, 0.15) is 0 Å². The molecular formula is C23H24N4O3S. The largest absolute Gasteiger partial charge is 0.380 e. The quantitative estimate of drug-likeness (QED) is 0.334. The summed E-state index contributed by atoms with van der Waals surface area (Å²) >= 11 is 1.54. The van der Waals surface area contributed by atoms with Crippen LogP contribution >= 0.6 is 11.8 Å². The summed E-state index contributed by atoms with van der Waals surface area (Å²) in [7, 11) is 1.59. The Morgan fingerprint density at radius 2 is 1.52 bits per heavy atom. The number of ether oxygens (including phenoxy) is 1. The van der Waals surface area contributed by atoms with E-state index in [1.54, 1.807) is 49.2 Å². The van der Waals surface area contributed by atoms with Gasteiger partial charge in [-0.05, 0) is 55.3 Å². The molecule has 0 saturated carbocycles. The lowest BCUT2D eigenvalue weighted by molar-refractivity contribution is 0.0846. The molecule has 3 aromatic rings. The van der Waals surface area contributed by atoms with Crippen LogP contribution in [-0.2, 0) is 17.1 Å². The zero-order valence-corrected chi connectivity index (χ0v) is 18.5. The molecule has 0 atom stereocenters. The van der Waals surface area contributed by atoms with Gasteiger partial charge in [-0.1, -0.05) is 36.0 Å². The molecular weight excluding hydrogens is 412 g/mol. The monoisotopic (exact) mass is 436 g/mol. The van der Waals surface area contributed by atoms with Crippen molar-refractivity contribution in [1.29, 1.82) is 0 Å². The van der Waals surface area contributed by atoms with Gasteiger partial charge >= 0.3 is 0 Å². The van der Waals surface area contributed by atoms with Crippen LogP contribution in [0.4, 0.5) is 0 Å². The van der Waals surface area contributed by atoms with E-state index in [9.17, 15) is 9.59 Å². The summed E-state index contributed by atoms with van der Waals surface area (Å²) in [5.41, 5.74) is 9.57. The second-order valence-electron chi connectivity index (χ2n) is 6.96. The first-order chi connectivity index (χ1) is 14.9. The summed E-state index contributed by atoms with van der Waals surface area (Å²) in [5, 5.41) is 0.733. The van der Waals surface area contributed by atoms with Gasteiger partial charge in [-0.25, -0.2) is 9.97 Å². The molecule has 2 amide bonds. The first-order valence-corrected chi connectivity index (χ1v) is 10.7. The van der Waals surface area contributed by atoms with Crippen molar-refractivity contribution in [1.82, 2.24) is 20.8 Å². The van der Waals surface area contributed by atoms with Crippen molar-refractivity contribution in [3.63, 3.8) is 0 Å². The number of hydrazine groups is 1. The lowest BCUT2D eigenvalue weighted by Gasteiger charge is -2.09. The van der Waals surface area contributed by atoms with Crippen molar-refractivity contribution in [2.24, 2.45) is 0 Å².